The number of ether oxygens (including phenoxy) is 1. The van der Waals surface area contributed by atoms with Crippen LogP contribution >= 0.6 is 11.3 Å². The second-order valence-electron chi connectivity index (χ2n) is 8.57. The second kappa shape index (κ2) is 11.6. The summed E-state index contributed by atoms with van der Waals surface area (Å²) in [4.78, 5) is 26.1. The Morgan fingerprint density at radius 2 is 1.94 bits per heavy atom. The van der Waals surface area contributed by atoms with E-state index in [1.165, 1.54) is 23.3 Å². The van der Waals surface area contributed by atoms with Gasteiger partial charge in [0.25, 0.3) is 0 Å². The second-order valence-corrected chi connectivity index (χ2v) is 9.74. The highest BCUT2D eigenvalue weighted by atomic mass is 32.1. The summed E-state index contributed by atoms with van der Waals surface area (Å²) in [7, 11) is 1.40. The van der Waals surface area contributed by atoms with Crippen LogP contribution in [0.5, 0.6) is 0 Å². The predicted octanol–water partition coefficient (Wildman–Crippen LogP) is 6.23. The van der Waals surface area contributed by atoms with Crippen LogP contribution in [0.2, 0.25) is 0 Å². The number of hydrogen-bond acceptors (Lipinski definition) is 5. The molecule has 3 rings (SSSR count). The van der Waals surface area contributed by atoms with E-state index in [0.29, 0.717) is 23.0 Å². The van der Waals surface area contributed by atoms with E-state index in [-0.39, 0.29) is 11.9 Å². The first-order chi connectivity index (χ1) is 15.0. The fourth-order valence-electron chi connectivity index (χ4n) is 4.62. The van der Waals surface area contributed by atoms with Crippen LogP contribution in [0.1, 0.15) is 96.0 Å². The number of Topliss-reactive ketones (excluding diaryl/α,β-unsaturated/α-hetero) is 1. The number of benzene rings is 1. The van der Waals surface area contributed by atoms with Crippen LogP contribution in [0.4, 0.5) is 0 Å². The third kappa shape index (κ3) is 6.27. The summed E-state index contributed by atoms with van der Waals surface area (Å²) in [5.74, 6) is 0.398. The van der Waals surface area contributed by atoms with Gasteiger partial charge in [-0.3, -0.25) is 4.79 Å². The van der Waals surface area contributed by atoms with Gasteiger partial charge in [0.05, 0.1) is 13.2 Å². The Bertz CT molecular complexity index is 855. The van der Waals surface area contributed by atoms with Crippen molar-refractivity contribution in [2.75, 3.05) is 7.11 Å². The lowest BCUT2D eigenvalue weighted by atomic mass is 9.84. The van der Waals surface area contributed by atoms with Crippen molar-refractivity contribution in [1.82, 2.24) is 0 Å². The van der Waals surface area contributed by atoms with E-state index in [2.05, 4.69) is 6.92 Å². The van der Waals surface area contributed by atoms with Crippen LogP contribution in [0.3, 0.4) is 0 Å². The Kier molecular flexibility index (Phi) is 8.85. The molecule has 1 N–H and O–H groups in total. The van der Waals surface area contributed by atoms with Crippen LogP contribution in [0.15, 0.2) is 36.4 Å². The molecular formula is C26H34O4S. The van der Waals surface area contributed by atoms with Crippen molar-refractivity contribution in [3.63, 3.8) is 0 Å². The third-order valence-corrected chi connectivity index (χ3v) is 7.51. The van der Waals surface area contributed by atoms with Gasteiger partial charge >= 0.3 is 5.97 Å². The molecule has 0 spiro atoms. The van der Waals surface area contributed by atoms with Gasteiger partial charge in [0.15, 0.2) is 0 Å². The van der Waals surface area contributed by atoms with Crippen molar-refractivity contribution >= 4 is 23.1 Å². The number of carbonyl (C=O) groups excluding carboxylic acids is 2. The monoisotopic (exact) mass is 442 g/mol. The Morgan fingerprint density at radius 1 is 1.16 bits per heavy atom. The molecule has 1 aliphatic rings. The maximum absolute atomic E-state index is 12.6. The average molecular weight is 443 g/mol. The average Bonchev–Trinajstić information content (AvgIpc) is 3.40. The van der Waals surface area contributed by atoms with Crippen LogP contribution in [-0.2, 0) is 16.0 Å². The topological polar surface area (TPSA) is 63.6 Å². The summed E-state index contributed by atoms with van der Waals surface area (Å²) in [6, 6.07) is 11.9. The fraction of sp³-hybridized carbons (Fsp3) is 0.538. The van der Waals surface area contributed by atoms with E-state index in [0.717, 1.165) is 62.5 Å². The van der Waals surface area contributed by atoms with Crippen molar-refractivity contribution in [3.8, 4) is 0 Å². The van der Waals surface area contributed by atoms with Gasteiger partial charge in [-0.1, -0.05) is 50.5 Å². The van der Waals surface area contributed by atoms with Crippen LogP contribution in [0, 0.1) is 5.92 Å². The van der Waals surface area contributed by atoms with Gasteiger partial charge in [-0.2, -0.15) is 0 Å². The molecule has 1 aliphatic carbocycles. The molecule has 0 bridgehead atoms. The minimum atomic E-state index is -0.420. The molecule has 0 radical (unpaired) electrons. The standard InChI is InChI=1S/C26H34O4S/c1-3-4-5-9-22(27)18-10-12-20(13-11-18)25-19(14-16-23(25)28)7-6-8-21-15-17-24(31-21)26(29)30-2/h10-13,15,17,19,22,25,27H,3-9,14,16H2,1-2H3/t19-,22?,25-/m1/s1. The predicted molar refractivity (Wildman–Crippen MR) is 125 cm³/mol. The molecule has 1 saturated carbocycles. The van der Waals surface area contributed by atoms with Crippen LogP contribution < -0.4 is 0 Å². The summed E-state index contributed by atoms with van der Waals surface area (Å²) in [5, 5.41) is 10.4. The number of thiophene rings is 1. The minimum Gasteiger partial charge on any atom is -0.465 e. The highest BCUT2D eigenvalue weighted by molar-refractivity contribution is 7.13. The van der Waals surface area contributed by atoms with Crippen molar-refractivity contribution in [1.29, 1.82) is 0 Å². The number of ketones is 1. The molecule has 1 aromatic carbocycles. The molecular weight excluding hydrogens is 408 g/mol. The van der Waals surface area contributed by atoms with Crippen molar-refractivity contribution in [2.24, 2.45) is 5.92 Å². The molecule has 3 atom stereocenters. The molecule has 0 amide bonds. The van der Waals surface area contributed by atoms with E-state index < -0.39 is 6.10 Å². The van der Waals surface area contributed by atoms with Gasteiger partial charge in [-0.05, 0) is 61.3 Å². The molecule has 1 aromatic heterocycles. The van der Waals surface area contributed by atoms with Gasteiger partial charge in [-0.25, -0.2) is 4.79 Å². The van der Waals surface area contributed by atoms with Crippen molar-refractivity contribution in [3.05, 3.63) is 57.3 Å². The van der Waals surface area contributed by atoms with E-state index in [1.54, 1.807) is 0 Å². The molecule has 5 heteroatoms. The molecule has 1 unspecified atom stereocenters. The minimum absolute atomic E-state index is 0.0275. The number of esters is 1. The maximum Gasteiger partial charge on any atom is 0.348 e. The highest BCUT2D eigenvalue weighted by Crippen LogP contribution is 2.40. The number of carbonyl (C=O) groups is 2. The summed E-state index contributed by atoms with van der Waals surface area (Å²) in [6.07, 6.45) is 8.22. The van der Waals surface area contributed by atoms with Gasteiger partial charge in [0.1, 0.15) is 10.7 Å². The number of aliphatic hydroxyl groups is 1. The molecule has 168 valence electrons. The zero-order valence-electron chi connectivity index (χ0n) is 18.6. The number of rotatable bonds is 11. The number of aryl methyl sites for hydroxylation is 1. The molecule has 31 heavy (non-hydrogen) atoms. The van der Waals surface area contributed by atoms with Crippen molar-refractivity contribution < 1.29 is 19.4 Å². The number of hydrogen-bond donors (Lipinski definition) is 1. The SMILES string of the molecule is CCCCCC(O)c1ccc([C@@H]2C(=O)CC[C@H]2CCCc2ccc(C(=O)OC)s2)cc1. The van der Waals surface area contributed by atoms with Crippen LogP contribution in [-0.4, -0.2) is 24.0 Å². The smallest absolute Gasteiger partial charge is 0.348 e. The summed E-state index contributed by atoms with van der Waals surface area (Å²) in [5.41, 5.74) is 2.03. The lowest BCUT2D eigenvalue weighted by molar-refractivity contribution is -0.119. The van der Waals surface area contributed by atoms with E-state index in [1.807, 2.05) is 36.4 Å². The van der Waals surface area contributed by atoms with Gasteiger partial charge in [-0.15, -0.1) is 11.3 Å². The zero-order valence-corrected chi connectivity index (χ0v) is 19.5. The van der Waals surface area contributed by atoms with E-state index in [4.69, 9.17) is 4.74 Å². The first kappa shape index (κ1) is 23.7. The normalized spacial score (nSPS) is 19.5. The van der Waals surface area contributed by atoms with Crippen LogP contribution in [0.25, 0.3) is 0 Å². The Balaban J connectivity index is 1.55. The van der Waals surface area contributed by atoms with E-state index >= 15 is 0 Å². The van der Waals surface area contributed by atoms with Gasteiger partial charge in [0, 0.05) is 17.2 Å². The molecule has 2 aromatic rings. The molecule has 0 saturated heterocycles. The molecule has 0 aliphatic heterocycles. The lowest BCUT2D eigenvalue weighted by Crippen LogP contribution is -2.13. The largest absolute Gasteiger partial charge is 0.465 e. The fourth-order valence-corrected chi connectivity index (χ4v) is 5.59. The first-order valence-electron chi connectivity index (χ1n) is 11.5. The van der Waals surface area contributed by atoms with Gasteiger partial charge < -0.3 is 9.84 Å². The molecule has 1 fully saturated rings. The zero-order chi connectivity index (χ0) is 22.2. The maximum atomic E-state index is 12.6. The number of unbranched alkanes of at least 4 members (excludes halogenated alkanes) is 2. The summed E-state index contributed by atoms with van der Waals surface area (Å²) in [6.45, 7) is 2.16. The number of aliphatic hydroxyl groups excluding tert-OH is 1. The Hall–Kier alpha value is -1.98. The quantitative estimate of drug-likeness (QED) is 0.331. The Labute approximate surface area is 189 Å². The Morgan fingerprint density at radius 3 is 2.65 bits per heavy atom. The molecule has 1 heterocycles. The lowest BCUT2D eigenvalue weighted by Gasteiger charge is -2.20. The highest BCUT2D eigenvalue weighted by Gasteiger charge is 2.35. The summed E-state index contributed by atoms with van der Waals surface area (Å²) < 4.78 is 4.78. The van der Waals surface area contributed by atoms with E-state index in [9.17, 15) is 14.7 Å². The summed E-state index contributed by atoms with van der Waals surface area (Å²) >= 11 is 1.49. The van der Waals surface area contributed by atoms with Crippen molar-refractivity contribution in [2.45, 2.75) is 76.7 Å². The molecule has 4 nitrogen and oxygen atoms in total. The van der Waals surface area contributed by atoms with Gasteiger partial charge in [0.2, 0.25) is 0 Å². The number of methoxy groups -OCH3 is 1. The third-order valence-electron chi connectivity index (χ3n) is 6.39. The first-order valence-corrected chi connectivity index (χ1v) is 12.3.